The van der Waals surface area contributed by atoms with Gasteiger partial charge in [0.2, 0.25) is 5.91 Å². The van der Waals surface area contributed by atoms with Gasteiger partial charge in [-0.3, -0.25) is 4.79 Å². The van der Waals surface area contributed by atoms with Crippen LogP contribution < -0.4 is 10.6 Å². The van der Waals surface area contributed by atoms with E-state index < -0.39 is 6.04 Å². The van der Waals surface area contributed by atoms with Gasteiger partial charge in [-0.15, -0.1) is 0 Å². The van der Waals surface area contributed by atoms with E-state index >= 15 is 0 Å². The molecule has 1 atom stereocenters. The van der Waals surface area contributed by atoms with Gasteiger partial charge in [0, 0.05) is 19.1 Å². The molecule has 1 aromatic rings. The maximum atomic E-state index is 12.9. The smallest absolute Gasteiger partial charge is 0.318 e. The first-order chi connectivity index (χ1) is 12.1. The Morgan fingerprint density at radius 2 is 1.76 bits per heavy atom. The first-order valence-electron chi connectivity index (χ1n) is 9.23. The van der Waals surface area contributed by atoms with Gasteiger partial charge < -0.3 is 15.5 Å². The summed E-state index contributed by atoms with van der Waals surface area (Å²) in [5.74, 6) is -0.433. The van der Waals surface area contributed by atoms with Gasteiger partial charge in [0.15, 0.2) is 0 Å². The van der Waals surface area contributed by atoms with Crippen molar-refractivity contribution >= 4 is 11.9 Å². The molecule has 1 heterocycles. The zero-order chi connectivity index (χ0) is 17.6. The average molecular weight is 347 g/mol. The second-order valence-corrected chi connectivity index (χ2v) is 6.98. The van der Waals surface area contributed by atoms with Crippen molar-refractivity contribution in [1.29, 1.82) is 0 Å². The molecule has 2 aliphatic rings. The number of rotatable bonds is 4. The Labute approximate surface area is 148 Å². The third kappa shape index (κ3) is 4.71. The standard InChI is InChI=1S/C19H26FN3O2/c20-15-10-8-14(9-11-15)13-21-18(24)17-7-4-12-23(17)19(25)22-16-5-2-1-3-6-16/h8-11,16-17H,1-7,12-13H2,(H,21,24)(H,22,25)/t17-/m0/s1. The number of carbonyl (C=O) groups excluding carboxylic acids is 2. The van der Waals surface area contributed by atoms with Gasteiger partial charge in [0.1, 0.15) is 11.9 Å². The van der Waals surface area contributed by atoms with Crippen LogP contribution in [0.1, 0.15) is 50.5 Å². The summed E-state index contributed by atoms with van der Waals surface area (Å²) in [4.78, 5) is 26.7. The molecule has 0 unspecified atom stereocenters. The normalized spacial score (nSPS) is 21.2. The third-order valence-electron chi connectivity index (χ3n) is 5.13. The third-order valence-corrected chi connectivity index (χ3v) is 5.13. The monoisotopic (exact) mass is 347 g/mol. The molecule has 0 spiro atoms. The molecular formula is C19H26FN3O2. The summed E-state index contributed by atoms with van der Waals surface area (Å²) in [6, 6.07) is 5.76. The second kappa shape index (κ2) is 8.32. The molecule has 25 heavy (non-hydrogen) atoms. The van der Waals surface area contributed by atoms with E-state index in [2.05, 4.69) is 10.6 Å². The number of hydrogen-bond donors (Lipinski definition) is 2. The lowest BCUT2D eigenvalue weighted by atomic mass is 9.96. The minimum Gasteiger partial charge on any atom is -0.350 e. The predicted octanol–water partition coefficient (Wildman–Crippen LogP) is 2.95. The fourth-order valence-corrected chi connectivity index (χ4v) is 3.70. The molecule has 2 N–H and O–H groups in total. The van der Waals surface area contributed by atoms with Crippen molar-refractivity contribution in [2.75, 3.05) is 6.54 Å². The number of halogens is 1. The lowest BCUT2D eigenvalue weighted by molar-refractivity contribution is -0.124. The van der Waals surface area contributed by atoms with Crippen molar-refractivity contribution in [3.8, 4) is 0 Å². The summed E-state index contributed by atoms with van der Waals surface area (Å²) < 4.78 is 12.9. The summed E-state index contributed by atoms with van der Waals surface area (Å²) >= 11 is 0. The Kier molecular flexibility index (Phi) is 5.89. The van der Waals surface area contributed by atoms with Crippen LogP contribution in [-0.4, -0.2) is 35.5 Å². The Morgan fingerprint density at radius 3 is 2.48 bits per heavy atom. The SMILES string of the molecule is O=C(NCc1ccc(F)cc1)[C@@H]1CCCN1C(=O)NC1CCCCC1. The number of nitrogens with zero attached hydrogens (tertiary/aromatic N) is 1. The summed E-state index contributed by atoms with van der Waals surface area (Å²) in [5, 5.41) is 5.96. The summed E-state index contributed by atoms with van der Waals surface area (Å²) in [6.07, 6.45) is 7.14. The van der Waals surface area contributed by atoms with Crippen LogP contribution in [0.2, 0.25) is 0 Å². The Bertz CT molecular complexity index is 599. The summed E-state index contributed by atoms with van der Waals surface area (Å²) in [6.45, 7) is 0.959. The van der Waals surface area contributed by atoms with Crippen molar-refractivity contribution in [2.24, 2.45) is 0 Å². The molecule has 1 aromatic carbocycles. The largest absolute Gasteiger partial charge is 0.350 e. The van der Waals surface area contributed by atoms with Crippen LogP contribution in [0.25, 0.3) is 0 Å². The van der Waals surface area contributed by atoms with Crippen LogP contribution in [0.15, 0.2) is 24.3 Å². The van der Waals surface area contributed by atoms with E-state index in [4.69, 9.17) is 0 Å². The molecule has 1 aliphatic heterocycles. The van der Waals surface area contributed by atoms with Gasteiger partial charge in [0.05, 0.1) is 0 Å². The van der Waals surface area contributed by atoms with Crippen LogP contribution in [0.5, 0.6) is 0 Å². The van der Waals surface area contributed by atoms with Crippen molar-refractivity contribution in [3.05, 3.63) is 35.6 Å². The molecule has 1 saturated heterocycles. The minimum absolute atomic E-state index is 0.119. The molecule has 3 amide bonds. The molecule has 0 aromatic heterocycles. The van der Waals surface area contributed by atoms with Crippen LogP contribution in [0.4, 0.5) is 9.18 Å². The Hall–Kier alpha value is -2.11. The molecule has 1 aliphatic carbocycles. The highest BCUT2D eigenvalue weighted by molar-refractivity contribution is 5.87. The van der Waals surface area contributed by atoms with E-state index in [-0.39, 0.29) is 23.8 Å². The van der Waals surface area contributed by atoms with Gasteiger partial charge in [-0.2, -0.15) is 0 Å². The van der Waals surface area contributed by atoms with E-state index in [1.165, 1.54) is 18.6 Å². The van der Waals surface area contributed by atoms with Gasteiger partial charge in [-0.25, -0.2) is 9.18 Å². The maximum absolute atomic E-state index is 12.9. The van der Waals surface area contributed by atoms with Crippen molar-refractivity contribution in [1.82, 2.24) is 15.5 Å². The summed E-state index contributed by atoms with van der Waals surface area (Å²) in [5.41, 5.74) is 0.839. The van der Waals surface area contributed by atoms with E-state index in [1.807, 2.05) is 0 Å². The quantitative estimate of drug-likeness (QED) is 0.880. The average Bonchev–Trinajstić information content (AvgIpc) is 3.12. The molecule has 6 heteroatoms. The number of likely N-dealkylation sites (tertiary alicyclic amines) is 1. The Morgan fingerprint density at radius 1 is 1.04 bits per heavy atom. The van der Waals surface area contributed by atoms with Crippen molar-refractivity contribution < 1.29 is 14.0 Å². The van der Waals surface area contributed by atoms with E-state index in [9.17, 15) is 14.0 Å². The van der Waals surface area contributed by atoms with Gasteiger partial charge >= 0.3 is 6.03 Å². The number of urea groups is 1. The molecule has 1 saturated carbocycles. The van der Waals surface area contributed by atoms with Crippen LogP contribution >= 0.6 is 0 Å². The predicted molar refractivity (Wildman–Crippen MR) is 93.4 cm³/mol. The van der Waals surface area contributed by atoms with Gasteiger partial charge in [0.25, 0.3) is 0 Å². The highest BCUT2D eigenvalue weighted by Crippen LogP contribution is 2.21. The fraction of sp³-hybridized carbons (Fsp3) is 0.579. The van der Waals surface area contributed by atoms with Crippen LogP contribution in [0, 0.1) is 5.82 Å². The van der Waals surface area contributed by atoms with Crippen molar-refractivity contribution in [2.45, 2.75) is 63.6 Å². The highest BCUT2D eigenvalue weighted by Gasteiger charge is 2.34. The minimum atomic E-state index is -0.413. The maximum Gasteiger partial charge on any atom is 0.318 e. The molecule has 0 radical (unpaired) electrons. The highest BCUT2D eigenvalue weighted by atomic mass is 19.1. The first-order valence-corrected chi connectivity index (χ1v) is 9.23. The zero-order valence-corrected chi connectivity index (χ0v) is 14.5. The number of amides is 3. The molecule has 2 fully saturated rings. The van der Waals surface area contributed by atoms with E-state index in [0.29, 0.717) is 19.5 Å². The summed E-state index contributed by atoms with van der Waals surface area (Å²) in [7, 11) is 0. The van der Waals surface area contributed by atoms with E-state index in [0.717, 1.165) is 37.7 Å². The zero-order valence-electron chi connectivity index (χ0n) is 14.5. The Balaban J connectivity index is 1.51. The lowest BCUT2D eigenvalue weighted by Gasteiger charge is -2.29. The van der Waals surface area contributed by atoms with Gasteiger partial charge in [-0.1, -0.05) is 31.4 Å². The molecular weight excluding hydrogens is 321 g/mol. The fourth-order valence-electron chi connectivity index (χ4n) is 3.70. The second-order valence-electron chi connectivity index (χ2n) is 6.98. The lowest BCUT2D eigenvalue weighted by Crippen LogP contribution is -2.51. The van der Waals surface area contributed by atoms with Crippen LogP contribution in [-0.2, 0) is 11.3 Å². The molecule has 0 bridgehead atoms. The molecule has 136 valence electrons. The molecule has 3 rings (SSSR count). The number of carbonyl (C=O) groups is 2. The van der Waals surface area contributed by atoms with Crippen molar-refractivity contribution in [3.63, 3.8) is 0 Å². The number of benzene rings is 1. The number of nitrogens with one attached hydrogen (secondary N) is 2. The molecule has 5 nitrogen and oxygen atoms in total. The van der Waals surface area contributed by atoms with Gasteiger partial charge in [-0.05, 0) is 43.4 Å². The topological polar surface area (TPSA) is 61.4 Å². The first kappa shape index (κ1) is 17.7. The number of hydrogen-bond acceptors (Lipinski definition) is 2. The van der Waals surface area contributed by atoms with Crippen LogP contribution in [0.3, 0.4) is 0 Å². The van der Waals surface area contributed by atoms with E-state index in [1.54, 1.807) is 17.0 Å².